The van der Waals surface area contributed by atoms with E-state index in [-0.39, 0.29) is 0 Å². The van der Waals surface area contributed by atoms with Crippen molar-refractivity contribution in [2.24, 2.45) is 0 Å². The molecule has 1 fully saturated rings. The summed E-state index contributed by atoms with van der Waals surface area (Å²) in [5, 5.41) is 8.59. The molecule has 0 saturated carbocycles. The number of hydrogen-bond acceptors (Lipinski definition) is 4. The number of halogens is 1. The van der Waals surface area contributed by atoms with Crippen LogP contribution in [0.15, 0.2) is 0 Å². The minimum atomic E-state index is 0.490. The van der Waals surface area contributed by atoms with Gasteiger partial charge in [-0.25, -0.2) is 0 Å². The summed E-state index contributed by atoms with van der Waals surface area (Å²) in [6.07, 6.45) is 0. The molecule has 82 valence electrons. The molecular weight excluding hydrogens is 214 g/mol. The summed E-state index contributed by atoms with van der Waals surface area (Å²) >= 11 is 5.91. The van der Waals surface area contributed by atoms with Crippen LogP contribution in [0.5, 0.6) is 0 Å². The van der Waals surface area contributed by atoms with Gasteiger partial charge in [-0.05, 0) is 25.0 Å². The van der Waals surface area contributed by atoms with E-state index in [2.05, 4.69) is 15.1 Å². The van der Waals surface area contributed by atoms with Crippen molar-refractivity contribution in [1.82, 2.24) is 10.2 Å². The lowest BCUT2D eigenvalue weighted by Gasteiger charge is -2.28. The lowest BCUT2D eigenvalue weighted by molar-refractivity contribution is 0.122. The first-order chi connectivity index (χ1) is 7.20. The number of morpholine rings is 1. The topological polar surface area (TPSA) is 38.2 Å². The molecular formula is C10H14ClN3O. The fourth-order valence-electron chi connectivity index (χ4n) is 1.64. The van der Waals surface area contributed by atoms with Crippen LogP contribution in [-0.4, -0.2) is 36.5 Å². The highest BCUT2D eigenvalue weighted by atomic mass is 35.5. The highest BCUT2D eigenvalue weighted by Crippen LogP contribution is 2.24. The molecule has 4 nitrogen and oxygen atoms in total. The summed E-state index contributed by atoms with van der Waals surface area (Å²) in [7, 11) is 0. The number of rotatable bonds is 1. The van der Waals surface area contributed by atoms with Crippen LogP contribution in [0.1, 0.15) is 11.1 Å². The van der Waals surface area contributed by atoms with Gasteiger partial charge in [-0.2, -0.15) is 0 Å². The molecule has 0 radical (unpaired) electrons. The number of hydrogen-bond donors (Lipinski definition) is 0. The molecule has 1 aliphatic rings. The molecule has 0 amide bonds. The average Bonchev–Trinajstić information content (AvgIpc) is 2.27. The molecule has 0 aliphatic carbocycles. The number of aromatic nitrogens is 2. The predicted molar refractivity (Wildman–Crippen MR) is 59.5 cm³/mol. The Morgan fingerprint density at radius 2 is 1.80 bits per heavy atom. The Morgan fingerprint density at radius 1 is 1.13 bits per heavy atom. The van der Waals surface area contributed by atoms with Gasteiger partial charge in [-0.15, -0.1) is 10.2 Å². The zero-order chi connectivity index (χ0) is 10.8. The summed E-state index contributed by atoms with van der Waals surface area (Å²) in [6, 6.07) is 0. The minimum absolute atomic E-state index is 0.490. The van der Waals surface area contributed by atoms with Gasteiger partial charge in [-0.1, -0.05) is 11.6 Å². The Morgan fingerprint density at radius 3 is 2.47 bits per heavy atom. The van der Waals surface area contributed by atoms with Crippen LogP contribution < -0.4 is 4.90 Å². The van der Waals surface area contributed by atoms with Gasteiger partial charge in [0.2, 0.25) is 0 Å². The first-order valence-corrected chi connectivity index (χ1v) is 5.40. The van der Waals surface area contributed by atoms with Gasteiger partial charge in [0.05, 0.1) is 13.2 Å². The third-order valence-corrected chi connectivity index (χ3v) is 3.11. The van der Waals surface area contributed by atoms with Gasteiger partial charge < -0.3 is 9.64 Å². The number of nitrogens with zero attached hydrogens (tertiary/aromatic N) is 3. The third-order valence-electron chi connectivity index (χ3n) is 2.75. The lowest BCUT2D eigenvalue weighted by Crippen LogP contribution is -2.37. The van der Waals surface area contributed by atoms with E-state index in [0.717, 1.165) is 43.2 Å². The second kappa shape index (κ2) is 4.33. The standard InChI is InChI=1S/C10H14ClN3O/c1-7-8(2)10(13-12-9(7)11)14-3-5-15-6-4-14/h3-6H2,1-2H3. The van der Waals surface area contributed by atoms with Crippen molar-refractivity contribution in [2.45, 2.75) is 13.8 Å². The summed E-state index contributed by atoms with van der Waals surface area (Å²) in [6.45, 7) is 7.25. The average molecular weight is 228 g/mol. The smallest absolute Gasteiger partial charge is 0.155 e. The Kier molecular flexibility index (Phi) is 3.07. The van der Waals surface area contributed by atoms with Crippen molar-refractivity contribution < 1.29 is 4.74 Å². The monoisotopic (exact) mass is 227 g/mol. The van der Waals surface area contributed by atoms with Gasteiger partial charge in [0, 0.05) is 13.1 Å². The highest BCUT2D eigenvalue weighted by Gasteiger charge is 2.17. The van der Waals surface area contributed by atoms with E-state index in [1.165, 1.54) is 0 Å². The molecule has 5 heteroatoms. The first kappa shape index (κ1) is 10.6. The Balaban J connectivity index is 2.31. The maximum Gasteiger partial charge on any atom is 0.155 e. The van der Waals surface area contributed by atoms with Gasteiger partial charge in [0.25, 0.3) is 0 Å². The maximum atomic E-state index is 5.91. The molecule has 2 rings (SSSR count). The van der Waals surface area contributed by atoms with E-state index in [4.69, 9.17) is 16.3 Å². The number of anilines is 1. The van der Waals surface area contributed by atoms with Crippen LogP contribution in [-0.2, 0) is 4.74 Å². The second-order valence-electron chi connectivity index (χ2n) is 3.66. The summed E-state index contributed by atoms with van der Waals surface area (Å²) in [5.74, 6) is 0.931. The van der Waals surface area contributed by atoms with E-state index < -0.39 is 0 Å². The third kappa shape index (κ3) is 2.06. The minimum Gasteiger partial charge on any atom is -0.378 e. The Bertz CT molecular complexity index is 364. The fourth-order valence-corrected chi connectivity index (χ4v) is 1.82. The van der Waals surface area contributed by atoms with Gasteiger partial charge in [0.1, 0.15) is 0 Å². The van der Waals surface area contributed by atoms with E-state index in [1.807, 2.05) is 13.8 Å². The van der Waals surface area contributed by atoms with Crippen LogP contribution in [0, 0.1) is 13.8 Å². The molecule has 0 unspecified atom stereocenters. The van der Waals surface area contributed by atoms with E-state index in [0.29, 0.717) is 5.15 Å². The van der Waals surface area contributed by atoms with Crippen molar-refractivity contribution >= 4 is 17.4 Å². The largest absolute Gasteiger partial charge is 0.378 e. The van der Waals surface area contributed by atoms with Crippen LogP contribution >= 0.6 is 11.6 Å². The van der Waals surface area contributed by atoms with E-state index in [1.54, 1.807) is 0 Å². The first-order valence-electron chi connectivity index (χ1n) is 5.02. The molecule has 15 heavy (non-hydrogen) atoms. The molecule has 1 aliphatic heterocycles. The SMILES string of the molecule is Cc1c(Cl)nnc(N2CCOCC2)c1C. The quantitative estimate of drug-likeness (QED) is 0.730. The van der Waals surface area contributed by atoms with Crippen LogP contribution in [0.2, 0.25) is 5.15 Å². The van der Waals surface area contributed by atoms with Gasteiger partial charge >= 0.3 is 0 Å². The van der Waals surface area contributed by atoms with Crippen molar-refractivity contribution in [3.63, 3.8) is 0 Å². The molecule has 0 spiro atoms. The van der Waals surface area contributed by atoms with Crippen LogP contribution in [0.3, 0.4) is 0 Å². The zero-order valence-corrected chi connectivity index (χ0v) is 9.71. The van der Waals surface area contributed by atoms with Crippen LogP contribution in [0.25, 0.3) is 0 Å². The fraction of sp³-hybridized carbons (Fsp3) is 0.600. The predicted octanol–water partition coefficient (Wildman–Crippen LogP) is 1.58. The maximum absolute atomic E-state index is 5.91. The lowest BCUT2D eigenvalue weighted by atomic mass is 10.2. The molecule has 2 heterocycles. The Labute approximate surface area is 94.2 Å². The molecule has 0 bridgehead atoms. The molecule has 0 N–H and O–H groups in total. The second-order valence-corrected chi connectivity index (χ2v) is 4.02. The summed E-state index contributed by atoms with van der Waals surface area (Å²) < 4.78 is 5.30. The Hall–Kier alpha value is -0.870. The van der Waals surface area contributed by atoms with E-state index >= 15 is 0 Å². The highest BCUT2D eigenvalue weighted by molar-refractivity contribution is 6.30. The van der Waals surface area contributed by atoms with E-state index in [9.17, 15) is 0 Å². The molecule has 0 aromatic carbocycles. The number of ether oxygens (including phenoxy) is 1. The van der Waals surface area contributed by atoms with Crippen molar-refractivity contribution in [3.8, 4) is 0 Å². The molecule has 0 atom stereocenters. The summed E-state index contributed by atoms with van der Waals surface area (Å²) in [5.41, 5.74) is 2.12. The van der Waals surface area contributed by atoms with Crippen LogP contribution in [0.4, 0.5) is 5.82 Å². The van der Waals surface area contributed by atoms with Crippen molar-refractivity contribution in [3.05, 3.63) is 16.3 Å². The molecule has 1 aromatic rings. The summed E-state index contributed by atoms with van der Waals surface area (Å²) in [4.78, 5) is 2.19. The molecule has 1 aromatic heterocycles. The van der Waals surface area contributed by atoms with Gasteiger partial charge in [0.15, 0.2) is 11.0 Å². The van der Waals surface area contributed by atoms with Crippen molar-refractivity contribution in [1.29, 1.82) is 0 Å². The zero-order valence-electron chi connectivity index (χ0n) is 8.96. The molecule has 1 saturated heterocycles. The van der Waals surface area contributed by atoms with Crippen molar-refractivity contribution in [2.75, 3.05) is 31.2 Å². The normalized spacial score (nSPS) is 16.9. The van der Waals surface area contributed by atoms with Gasteiger partial charge in [-0.3, -0.25) is 0 Å².